The summed E-state index contributed by atoms with van der Waals surface area (Å²) in [6, 6.07) is 11.2. The molecule has 0 amide bonds. The lowest BCUT2D eigenvalue weighted by Crippen LogP contribution is -2.27. The quantitative estimate of drug-likeness (QED) is 0.608. The largest absolute Gasteiger partial charge is 0.398 e. The van der Waals surface area contributed by atoms with E-state index in [-0.39, 0.29) is 0 Å². The fourth-order valence-corrected chi connectivity index (χ4v) is 2.26. The van der Waals surface area contributed by atoms with Crippen molar-refractivity contribution in [3.8, 4) is 0 Å². The number of benzene rings is 1. The molecule has 5 heteroatoms. The molecule has 3 N–H and O–H groups in total. The molecule has 2 aromatic rings. The molecule has 0 atom stereocenters. The van der Waals surface area contributed by atoms with Gasteiger partial charge in [0.15, 0.2) is 0 Å². The van der Waals surface area contributed by atoms with Crippen LogP contribution >= 0.6 is 0 Å². The van der Waals surface area contributed by atoms with Gasteiger partial charge in [0.25, 0.3) is 0 Å². The number of hydrogen-bond donors (Lipinski definition) is 2. The number of rotatable bonds is 7. The number of nitrogens with one attached hydrogen (secondary N) is 1. The van der Waals surface area contributed by atoms with Crippen molar-refractivity contribution in [1.82, 2.24) is 4.98 Å². The summed E-state index contributed by atoms with van der Waals surface area (Å²) in [6.07, 6.45) is 1.73. The minimum atomic E-state index is 0.407. The second kappa shape index (κ2) is 7.56. The molecule has 1 aromatic carbocycles. The fourth-order valence-electron chi connectivity index (χ4n) is 2.26. The molecule has 5 nitrogen and oxygen atoms in total. The Bertz CT molecular complexity index is 642. The zero-order chi connectivity index (χ0) is 15.9. The average molecular weight is 298 g/mol. The highest BCUT2D eigenvalue weighted by molar-refractivity contribution is 6.14. The van der Waals surface area contributed by atoms with Crippen molar-refractivity contribution in [3.05, 3.63) is 53.7 Å². The maximum atomic E-state index is 8.39. The van der Waals surface area contributed by atoms with Gasteiger partial charge in [-0.15, -0.1) is 0 Å². The van der Waals surface area contributed by atoms with Crippen LogP contribution in [0.2, 0.25) is 0 Å². The van der Waals surface area contributed by atoms with E-state index in [0.29, 0.717) is 18.0 Å². The Hall–Kier alpha value is -2.40. The molecule has 0 bridgehead atoms. The van der Waals surface area contributed by atoms with E-state index in [1.165, 1.54) is 0 Å². The summed E-state index contributed by atoms with van der Waals surface area (Å²) in [5.41, 5.74) is 8.52. The van der Waals surface area contributed by atoms with Gasteiger partial charge in [-0.3, -0.25) is 5.41 Å². The molecular formula is C17H22N4O. The number of hydrogen-bond acceptors (Lipinski definition) is 5. The second-order valence-corrected chi connectivity index (χ2v) is 4.94. The number of nitrogen functional groups attached to an aromatic ring is 1. The van der Waals surface area contributed by atoms with E-state index < -0.39 is 0 Å². The number of methoxy groups -OCH3 is 1. The number of anilines is 2. The van der Waals surface area contributed by atoms with Gasteiger partial charge in [-0.1, -0.05) is 18.2 Å². The zero-order valence-corrected chi connectivity index (χ0v) is 13.0. The van der Waals surface area contributed by atoms with Crippen LogP contribution in [0.15, 0.2) is 42.6 Å². The van der Waals surface area contributed by atoms with Crippen LogP contribution in [0.5, 0.6) is 0 Å². The molecule has 116 valence electrons. The van der Waals surface area contributed by atoms with E-state index in [1.807, 2.05) is 36.4 Å². The summed E-state index contributed by atoms with van der Waals surface area (Å²) in [5, 5.41) is 8.39. The van der Waals surface area contributed by atoms with Gasteiger partial charge in [-0.2, -0.15) is 0 Å². The molecule has 0 saturated carbocycles. The highest BCUT2D eigenvalue weighted by atomic mass is 16.5. The molecule has 0 saturated heterocycles. The molecule has 0 fully saturated rings. The third kappa shape index (κ3) is 3.62. The maximum absolute atomic E-state index is 8.39. The first-order valence-corrected chi connectivity index (χ1v) is 7.31. The number of pyridine rings is 1. The molecule has 0 unspecified atom stereocenters. The van der Waals surface area contributed by atoms with E-state index in [0.717, 1.165) is 30.0 Å². The first kappa shape index (κ1) is 16.0. The van der Waals surface area contributed by atoms with E-state index >= 15 is 0 Å². The van der Waals surface area contributed by atoms with Gasteiger partial charge in [-0.25, -0.2) is 4.98 Å². The van der Waals surface area contributed by atoms with Gasteiger partial charge < -0.3 is 15.4 Å². The molecule has 1 heterocycles. The average Bonchev–Trinajstić information content (AvgIpc) is 2.56. The van der Waals surface area contributed by atoms with Gasteiger partial charge in [-0.05, 0) is 25.1 Å². The topological polar surface area (TPSA) is 75.2 Å². The lowest BCUT2D eigenvalue weighted by atomic mass is 10.0. The second-order valence-electron chi connectivity index (χ2n) is 4.94. The summed E-state index contributed by atoms with van der Waals surface area (Å²) >= 11 is 0. The van der Waals surface area contributed by atoms with Crippen molar-refractivity contribution in [2.75, 3.05) is 37.4 Å². The van der Waals surface area contributed by atoms with E-state index in [9.17, 15) is 0 Å². The zero-order valence-electron chi connectivity index (χ0n) is 13.0. The molecule has 1 aromatic heterocycles. The normalized spacial score (nSPS) is 10.5. The van der Waals surface area contributed by atoms with Gasteiger partial charge in [0.2, 0.25) is 0 Å². The third-order valence-electron chi connectivity index (χ3n) is 3.54. The Morgan fingerprint density at radius 2 is 2.09 bits per heavy atom. The minimum Gasteiger partial charge on any atom is -0.398 e. The monoisotopic (exact) mass is 298 g/mol. The Kier molecular flexibility index (Phi) is 5.49. The highest BCUT2D eigenvalue weighted by Crippen LogP contribution is 2.19. The number of para-hydroxylation sites is 1. The van der Waals surface area contributed by atoms with Gasteiger partial charge in [0.05, 0.1) is 12.3 Å². The van der Waals surface area contributed by atoms with E-state index in [1.54, 1.807) is 13.3 Å². The Morgan fingerprint density at radius 1 is 1.32 bits per heavy atom. The molecule has 0 aliphatic rings. The molecular weight excluding hydrogens is 276 g/mol. The number of aromatic nitrogens is 1. The molecule has 2 rings (SSSR count). The standard InChI is InChI=1S/C17H22N4O/c1-3-21(10-11-22-2)16-12-13(8-9-20-16)17(19)14-6-4-5-7-15(14)18/h4-9,12,19H,3,10-11,18H2,1-2H3. The minimum absolute atomic E-state index is 0.407. The smallest absolute Gasteiger partial charge is 0.129 e. The molecule has 0 aliphatic heterocycles. The fraction of sp³-hybridized carbons (Fsp3) is 0.294. The molecule has 0 aliphatic carbocycles. The Morgan fingerprint density at radius 3 is 2.77 bits per heavy atom. The van der Waals surface area contributed by atoms with Crippen molar-refractivity contribution >= 4 is 17.2 Å². The van der Waals surface area contributed by atoms with Gasteiger partial charge in [0.1, 0.15) is 5.82 Å². The maximum Gasteiger partial charge on any atom is 0.129 e. The Labute approximate surface area is 131 Å². The van der Waals surface area contributed by atoms with Crippen LogP contribution < -0.4 is 10.6 Å². The van der Waals surface area contributed by atoms with Crippen LogP contribution in [0.4, 0.5) is 11.5 Å². The highest BCUT2D eigenvalue weighted by Gasteiger charge is 2.11. The van der Waals surface area contributed by atoms with Crippen molar-refractivity contribution in [3.63, 3.8) is 0 Å². The Balaban J connectivity index is 2.28. The van der Waals surface area contributed by atoms with Crippen molar-refractivity contribution in [1.29, 1.82) is 5.41 Å². The van der Waals surface area contributed by atoms with Crippen LogP contribution in [0.25, 0.3) is 0 Å². The van der Waals surface area contributed by atoms with Crippen LogP contribution in [-0.2, 0) is 4.74 Å². The summed E-state index contributed by atoms with van der Waals surface area (Å²) in [4.78, 5) is 6.52. The van der Waals surface area contributed by atoms with Crippen molar-refractivity contribution < 1.29 is 4.74 Å². The lowest BCUT2D eigenvalue weighted by molar-refractivity contribution is 0.205. The van der Waals surface area contributed by atoms with E-state index in [4.69, 9.17) is 15.9 Å². The summed E-state index contributed by atoms with van der Waals surface area (Å²) in [7, 11) is 1.69. The lowest BCUT2D eigenvalue weighted by Gasteiger charge is -2.22. The number of likely N-dealkylation sites (N-methyl/N-ethyl adjacent to an activating group) is 1. The SMILES string of the molecule is CCN(CCOC)c1cc(C(=N)c2ccccc2N)ccn1. The number of nitrogens with two attached hydrogens (primary N) is 1. The van der Waals surface area contributed by atoms with Crippen LogP contribution in [-0.4, -0.2) is 37.5 Å². The van der Waals surface area contributed by atoms with E-state index in [2.05, 4.69) is 16.8 Å². The number of nitrogens with zero attached hydrogens (tertiary/aromatic N) is 2. The van der Waals surface area contributed by atoms with Crippen LogP contribution in [0, 0.1) is 5.41 Å². The predicted molar refractivity (Wildman–Crippen MR) is 90.8 cm³/mol. The molecule has 0 spiro atoms. The molecule has 22 heavy (non-hydrogen) atoms. The van der Waals surface area contributed by atoms with Crippen molar-refractivity contribution in [2.45, 2.75) is 6.92 Å². The molecule has 0 radical (unpaired) electrons. The van der Waals surface area contributed by atoms with Gasteiger partial charge in [0, 0.05) is 43.2 Å². The summed E-state index contributed by atoms with van der Waals surface area (Å²) < 4.78 is 5.13. The van der Waals surface area contributed by atoms with Crippen LogP contribution in [0.3, 0.4) is 0 Å². The number of ether oxygens (including phenoxy) is 1. The third-order valence-corrected chi connectivity index (χ3v) is 3.54. The van der Waals surface area contributed by atoms with Gasteiger partial charge >= 0.3 is 0 Å². The first-order chi connectivity index (χ1) is 10.7. The predicted octanol–water partition coefficient (Wildman–Crippen LogP) is 2.55. The summed E-state index contributed by atoms with van der Waals surface area (Å²) in [6.45, 7) is 4.32. The summed E-state index contributed by atoms with van der Waals surface area (Å²) in [5.74, 6) is 0.844. The first-order valence-electron chi connectivity index (χ1n) is 7.31. The van der Waals surface area contributed by atoms with Crippen molar-refractivity contribution in [2.24, 2.45) is 0 Å². The van der Waals surface area contributed by atoms with Crippen LogP contribution in [0.1, 0.15) is 18.1 Å².